The second kappa shape index (κ2) is 5.58. The van der Waals surface area contributed by atoms with Crippen molar-refractivity contribution in [1.29, 1.82) is 0 Å². The summed E-state index contributed by atoms with van der Waals surface area (Å²) in [4.78, 5) is 13.6. The molecule has 21 heavy (non-hydrogen) atoms. The average molecular weight is 301 g/mol. The SMILES string of the molecule is CC(C)OC(=O)N1c2ccc(C(F)(F)F)cc2CCC1C. The summed E-state index contributed by atoms with van der Waals surface area (Å²) in [5.41, 5.74) is 0.351. The number of hydrogen-bond acceptors (Lipinski definition) is 2. The molecule has 1 atom stereocenters. The molecular weight excluding hydrogens is 283 g/mol. The second-order valence-corrected chi connectivity index (χ2v) is 5.53. The van der Waals surface area contributed by atoms with Crippen molar-refractivity contribution in [2.75, 3.05) is 4.90 Å². The van der Waals surface area contributed by atoms with E-state index >= 15 is 0 Å². The van der Waals surface area contributed by atoms with Gasteiger partial charge in [-0.25, -0.2) is 4.79 Å². The van der Waals surface area contributed by atoms with Crippen LogP contribution < -0.4 is 4.90 Å². The summed E-state index contributed by atoms with van der Waals surface area (Å²) in [7, 11) is 0. The van der Waals surface area contributed by atoms with Gasteiger partial charge in [-0.1, -0.05) is 0 Å². The quantitative estimate of drug-likeness (QED) is 0.770. The molecular formula is C15H18F3NO2. The molecule has 1 aliphatic rings. The highest BCUT2D eigenvalue weighted by atomic mass is 19.4. The van der Waals surface area contributed by atoms with Crippen molar-refractivity contribution in [1.82, 2.24) is 0 Å². The van der Waals surface area contributed by atoms with Gasteiger partial charge in [0, 0.05) is 6.04 Å². The molecule has 1 aliphatic heterocycles. The Balaban J connectivity index is 2.37. The summed E-state index contributed by atoms with van der Waals surface area (Å²) in [6.45, 7) is 5.34. The number of carbonyl (C=O) groups excluding carboxylic acids is 1. The number of aryl methyl sites for hydroxylation is 1. The van der Waals surface area contributed by atoms with E-state index in [1.54, 1.807) is 13.8 Å². The molecule has 1 heterocycles. The fourth-order valence-electron chi connectivity index (χ4n) is 2.46. The predicted molar refractivity (Wildman–Crippen MR) is 73.3 cm³/mol. The number of carbonyl (C=O) groups is 1. The van der Waals surface area contributed by atoms with E-state index in [0.29, 0.717) is 24.1 Å². The molecule has 0 saturated carbocycles. The van der Waals surface area contributed by atoms with Crippen molar-refractivity contribution in [3.05, 3.63) is 29.3 Å². The van der Waals surface area contributed by atoms with E-state index in [4.69, 9.17) is 4.74 Å². The highest BCUT2D eigenvalue weighted by Crippen LogP contribution is 2.37. The number of rotatable bonds is 1. The molecule has 3 nitrogen and oxygen atoms in total. The number of anilines is 1. The van der Waals surface area contributed by atoms with Crippen LogP contribution in [0.25, 0.3) is 0 Å². The lowest BCUT2D eigenvalue weighted by atomic mass is 9.95. The third kappa shape index (κ3) is 3.31. The Kier molecular flexibility index (Phi) is 4.16. The highest BCUT2D eigenvalue weighted by molar-refractivity contribution is 5.90. The van der Waals surface area contributed by atoms with Crippen LogP contribution in [-0.2, 0) is 17.3 Å². The normalized spacial score (nSPS) is 18.6. The monoisotopic (exact) mass is 301 g/mol. The first-order valence-corrected chi connectivity index (χ1v) is 6.90. The number of nitrogens with zero attached hydrogens (tertiary/aromatic N) is 1. The van der Waals surface area contributed by atoms with Crippen LogP contribution >= 0.6 is 0 Å². The molecule has 0 radical (unpaired) electrons. The summed E-state index contributed by atoms with van der Waals surface area (Å²) in [6.07, 6.45) is -4.03. The molecule has 0 N–H and O–H groups in total. The zero-order valence-electron chi connectivity index (χ0n) is 12.2. The smallest absolute Gasteiger partial charge is 0.416 e. The molecule has 0 fully saturated rings. The summed E-state index contributed by atoms with van der Waals surface area (Å²) < 4.78 is 43.5. The van der Waals surface area contributed by atoms with Crippen LogP contribution in [0.4, 0.5) is 23.7 Å². The molecule has 0 bridgehead atoms. The zero-order valence-corrected chi connectivity index (χ0v) is 12.2. The van der Waals surface area contributed by atoms with Gasteiger partial charge in [-0.2, -0.15) is 13.2 Å². The largest absolute Gasteiger partial charge is 0.446 e. The van der Waals surface area contributed by atoms with Crippen molar-refractivity contribution < 1.29 is 22.7 Å². The average Bonchev–Trinajstić information content (AvgIpc) is 2.35. The van der Waals surface area contributed by atoms with Crippen LogP contribution in [0.2, 0.25) is 0 Å². The summed E-state index contributed by atoms with van der Waals surface area (Å²) in [5, 5.41) is 0. The van der Waals surface area contributed by atoms with Crippen LogP contribution in [0, 0.1) is 0 Å². The molecule has 6 heteroatoms. The summed E-state index contributed by atoms with van der Waals surface area (Å²) in [6, 6.07) is 3.39. The van der Waals surface area contributed by atoms with Crippen LogP contribution in [0.3, 0.4) is 0 Å². The Morgan fingerprint density at radius 2 is 2.05 bits per heavy atom. The number of ether oxygens (including phenoxy) is 1. The minimum Gasteiger partial charge on any atom is -0.446 e. The van der Waals surface area contributed by atoms with E-state index < -0.39 is 17.8 Å². The van der Waals surface area contributed by atoms with Crippen molar-refractivity contribution >= 4 is 11.8 Å². The van der Waals surface area contributed by atoms with E-state index in [-0.39, 0.29) is 12.1 Å². The Hall–Kier alpha value is -1.72. The van der Waals surface area contributed by atoms with Crippen molar-refractivity contribution in [2.24, 2.45) is 0 Å². The molecule has 116 valence electrons. The number of halogens is 3. The van der Waals surface area contributed by atoms with Gasteiger partial charge in [-0.05, 0) is 57.4 Å². The van der Waals surface area contributed by atoms with Crippen LogP contribution in [0.5, 0.6) is 0 Å². The Morgan fingerprint density at radius 3 is 2.62 bits per heavy atom. The maximum Gasteiger partial charge on any atom is 0.416 e. The third-order valence-corrected chi connectivity index (χ3v) is 3.47. The number of alkyl halides is 3. The highest BCUT2D eigenvalue weighted by Gasteiger charge is 2.34. The van der Waals surface area contributed by atoms with Crippen LogP contribution in [0.15, 0.2) is 18.2 Å². The minimum absolute atomic E-state index is 0.0968. The molecule has 1 aromatic carbocycles. The Morgan fingerprint density at radius 1 is 1.38 bits per heavy atom. The van der Waals surface area contributed by atoms with Crippen LogP contribution in [0.1, 0.15) is 38.3 Å². The molecule has 0 spiro atoms. The molecule has 1 unspecified atom stereocenters. The second-order valence-electron chi connectivity index (χ2n) is 5.53. The molecule has 0 aromatic heterocycles. The van der Waals surface area contributed by atoms with Gasteiger partial charge in [0.25, 0.3) is 0 Å². The fraction of sp³-hybridized carbons (Fsp3) is 0.533. The van der Waals surface area contributed by atoms with Crippen molar-refractivity contribution in [3.8, 4) is 0 Å². The summed E-state index contributed by atoms with van der Waals surface area (Å²) in [5.74, 6) is 0. The van der Waals surface area contributed by atoms with Gasteiger partial charge in [-0.15, -0.1) is 0 Å². The van der Waals surface area contributed by atoms with Crippen molar-refractivity contribution in [3.63, 3.8) is 0 Å². The first-order chi connectivity index (χ1) is 9.70. The zero-order chi connectivity index (χ0) is 15.8. The Labute approximate surface area is 121 Å². The topological polar surface area (TPSA) is 29.5 Å². The first kappa shape index (κ1) is 15.7. The maximum absolute atomic E-state index is 12.8. The van der Waals surface area contributed by atoms with Gasteiger partial charge in [0.2, 0.25) is 0 Å². The number of amides is 1. The number of benzene rings is 1. The lowest BCUT2D eigenvalue weighted by Gasteiger charge is -2.35. The molecule has 0 saturated heterocycles. The van der Waals surface area contributed by atoms with Gasteiger partial charge in [0.15, 0.2) is 0 Å². The molecule has 1 amide bonds. The van der Waals surface area contributed by atoms with E-state index in [2.05, 4.69) is 0 Å². The van der Waals surface area contributed by atoms with E-state index in [1.165, 1.54) is 11.0 Å². The maximum atomic E-state index is 12.8. The van der Waals surface area contributed by atoms with Gasteiger partial charge >= 0.3 is 12.3 Å². The van der Waals surface area contributed by atoms with Gasteiger partial charge in [-0.3, -0.25) is 4.90 Å². The lowest BCUT2D eigenvalue weighted by Crippen LogP contribution is -2.43. The minimum atomic E-state index is -4.37. The molecule has 1 aromatic rings. The Bertz CT molecular complexity index is 540. The van der Waals surface area contributed by atoms with Gasteiger partial charge in [0.1, 0.15) is 0 Å². The molecule has 2 rings (SSSR count). The number of fused-ring (bicyclic) bond motifs is 1. The number of hydrogen-bond donors (Lipinski definition) is 0. The first-order valence-electron chi connectivity index (χ1n) is 6.90. The van der Waals surface area contributed by atoms with E-state index in [0.717, 1.165) is 12.1 Å². The standard InChI is InChI=1S/C15H18F3NO2/c1-9(2)21-14(20)19-10(3)4-5-11-8-12(15(16,17)18)6-7-13(11)19/h6-10H,4-5H2,1-3H3. The third-order valence-electron chi connectivity index (χ3n) is 3.47. The van der Waals surface area contributed by atoms with Gasteiger partial charge in [0.05, 0.1) is 17.4 Å². The fourth-order valence-corrected chi connectivity index (χ4v) is 2.46. The van der Waals surface area contributed by atoms with Crippen molar-refractivity contribution in [2.45, 2.75) is 51.9 Å². The van der Waals surface area contributed by atoms with Crippen LogP contribution in [-0.4, -0.2) is 18.2 Å². The lowest BCUT2D eigenvalue weighted by molar-refractivity contribution is -0.137. The molecule has 0 aliphatic carbocycles. The predicted octanol–water partition coefficient (Wildman–Crippen LogP) is 4.39. The van der Waals surface area contributed by atoms with Gasteiger partial charge < -0.3 is 4.74 Å². The van der Waals surface area contributed by atoms with E-state index in [1.807, 2.05) is 6.92 Å². The summed E-state index contributed by atoms with van der Waals surface area (Å²) >= 11 is 0. The van der Waals surface area contributed by atoms with E-state index in [9.17, 15) is 18.0 Å².